The molecule has 8 heteroatoms. The minimum Gasteiger partial charge on any atom is -0.465 e. The van der Waals surface area contributed by atoms with Crippen molar-refractivity contribution >= 4 is 23.5 Å². The summed E-state index contributed by atoms with van der Waals surface area (Å²) in [5.41, 5.74) is 2.38. The van der Waals surface area contributed by atoms with Gasteiger partial charge in [0.1, 0.15) is 0 Å². The summed E-state index contributed by atoms with van der Waals surface area (Å²) in [7, 11) is 1.31. The highest BCUT2D eigenvalue weighted by Gasteiger charge is 2.26. The highest BCUT2D eigenvalue weighted by atomic mass is 32.2. The number of hydrogen-bond acceptors (Lipinski definition) is 6. The number of Topliss-reactive ketones (excluding diaryl/α,β-unsaturated/α-hetero) is 1. The number of aromatic nitrogens is 3. The molecule has 0 aliphatic carbocycles. The van der Waals surface area contributed by atoms with E-state index in [4.69, 9.17) is 4.74 Å². The maximum absolute atomic E-state index is 12.8. The fraction of sp³-hybridized carbons (Fsp3) is 0.444. The average molecular weight is 377 g/mol. The standard InChI is InChI=1S/C18H23N3O4S/c1-6-7-12-8-13(22)21-18(20-12)26-11(4)16(23)15-9(2)14(10(3)19-15)17(24)25-5/h8,11,19H,6-7H2,1-5H3,(H,20,21,22)/t11-/m0/s1. The molecule has 0 amide bonds. The third-order valence-corrected chi connectivity index (χ3v) is 4.99. The van der Waals surface area contributed by atoms with Crippen molar-refractivity contribution < 1.29 is 14.3 Å². The molecule has 0 saturated heterocycles. The molecule has 7 nitrogen and oxygen atoms in total. The van der Waals surface area contributed by atoms with Crippen molar-refractivity contribution in [2.24, 2.45) is 0 Å². The molecule has 0 fully saturated rings. The van der Waals surface area contributed by atoms with Gasteiger partial charge in [-0.1, -0.05) is 25.1 Å². The third-order valence-electron chi connectivity index (χ3n) is 4.01. The molecule has 0 radical (unpaired) electrons. The van der Waals surface area contributed by atoms with Gasteiger partial charge in [-0.2, -0.15) is 0 Å². The number of esters is 1. The molecule has 1 atom stereocenters. The minimum absolute atomic E-state index is 0.172. The molecule has 140 valence electrons. The summed E-state index contributed by atoms with van der Waals surface area (Å²) in [4.78, 5) is 46.5. The van der Waals surface area contributed by atoms with Crippen molar-refractivity contribution in [3.63, 3.8) is 0 Å². The zero-order valence-electron chi connectivity index (χ0n) is 15.6. The summed E-state index contributed by atoms with van der Waals surface area (Å²) in [6.07, 6.45) is 1.59. The molecule has 0 aliphatic heterocycles. The van der Waals surface area contributed by atoms with Gasteiger partial charge in [0, 0.05) is 17.5 Å². The second-order valence-corrected chi connectivity index (χ2v) is 7.36. The second kappa shape index (κ2) is 8.35. The monoisotopic (exact) mass is 377 g/mol. The smallest absolute Gasteiger partial charge is 0.339 e. The Labute approximate surface area is 156 Å². The zero-order valence-corrected chi connectivity index (χ0v) is 16.4. The number of H-pyrrole nitrogens is 2. The SMILES string of the molecule is CCCc1cc(=O)[nH]c(S[C@@H](C)C(=O)c2[nH]c(C)c(C(=O)OC)c2C)n1. The van der Waals surface area contributed by atoms with Crippen molar-refractivity contribution in [1.29, 1.82) is 0 Å². The van der Waals surface area contributed by atoms with Crippen LogP contribution in [0.3, 0.4) is 0 Å². The number of nitrogens with zero attached hydrogens (tertiary/aromatic N) is 1. The predicted octanol–water partition coefficient (Wildman–Crippen LogP) is 2.82. The normalized spacial score (nSPS) is 12.0. The Morgan fingerprint density at radius 1 is 1.31 bits per heavy atom. The number of ketones is 1. The lowest BCUT2D eigenvalue weighted by atomic mass is 10.1. The highest BCUT2D eigenvalue weighted by molar-refractivity contribution is 8.00. The molecule has 0 aliphatic rings. The van der Waals surface area contributed by atoms with Gasteiger partial charge in [0.2, 0.25) is 0 Å². The molecule has 2 rings (SSSR count). The van der Waals surface area contributed by atoms with Crippen LogP contribution in [-0.4, -0.2) is 39.1 Å². The Hall–Kier alpha value is -2.35. The number of thioether (sulfide) groups is 1. The first-order chi connectivity index (χ1) is 12.3. The van der Waals surface area contributed by atoms with Gasteiger partial charge in [0.05, 0.1) is 23.6 Å². The minimum atomic E-state index is -0.489. The van der Waals surface area contributed by atoms with Gasteiger partial charge in [-0.05, 0) is 32.8 Å². The number of hydrogen-bond donors (Lipinski definition) is 2. The largest absolute Gasteiger partial charge is 0.465 e. The fourth-order valence-corrected chi connectivity index (χ4v) is 3.64. The van der Waals surface area contributed by atoms with E-state index >= 15 is 0 Å². The maximum atomic E-state index is 12.8. The van der Waals surface area contributed by atoms with Gasteiger partial charge in [0.25, 0.3) is 5.56 Å². The lowest BCUT2D eigenvalue weighted by Gasteiger charge is -2.10. The van der Waals surface area contributed by atoms with Crippen LogP contribution in [0.1, 0.15) is 58.1 Å². The van der Waals surface area contributed by atoms with Crippen LogP contribution < -0.4 is 5.56 Å². The predicted molar refractivity (Wildman–Crippen MR) is 100 cm³/mol. The van der Waals surface area contributed by atoms with Crippen LogP contribution in [0.15, 0.2) is 16.0 Å². The van der Waals surface area contributed by atoms with E-state index in [9.17, 15) is 14.4 Å². The van der Waals surface area contributed by atoms with Crippen LogP contribution >= 0.6 is 11.8 Å². The molecule has 0 unspecified atom stereocenters. The van der Waals surface area contributed by atoms with Crippen molar-refractivity contribution in [3.8, 4) is 0 Å². The molecule has 0 bridgehead atoms. The summed E-state index contributed by atoms with van der Waals surface area (Å²) in [5, 5.41) is -0.0757. The van der Waals surface area contributed by atoms with E-state index in [1.165, 1.54) is 24.9 Å². The Bertz CT molecular complexity index is 885. The summed E-state index contributed by atoms with van der Waals surface area (Å²) >= 11 is 1.19. The molecule has 2 aromatic rings. The van der Waals surface area contributed by atoms with Gasteiger partial charge in [-0.15, -0.1) is 0 Å². The summed E-state index contributed by atoms with van der Waals surface area (Å²) in [6, 6.07) is 1.47. The Kier molecular flexibility index (Phi) is 6.42. The van der Waals surface area contributed by atoms with Gasteiger partial charge in [-0.3, -0.25) is 9.59 Å². The second-order valence-electron chi connectivity index (χ2n) is 6.03. The van der Waals surface area contributed by atoms with Crippen LogP contribution in [-0.2, 0) is 11.2 Å². The molecular weight excluding hydrogens is 354 g/mol. The summed E-state index contributed by atoms with van der Waals surface area (Å²) in [6.45, 7) is 7.19. The van der Waals surface area contributed by atoms with E-state index < -0.39 is 11.2 Å². The van der Waals surface area contributed by atoms with E-state index in [1.807, 2.05) is 6.92 Å². The van der Waals surface area contributed by atoms with E-state index in [0.29, 0.717) is 39.8 Å². The lowest BCUT2D eigenvalue weighted by Crippen LogP contribution is -2.18. The van der Waals surface area contributed by atoms with Crippen LogP contribution in [0.2, 0.25) is 0 Å². The number of methoxy groups -OCH3 is 1. The summed E-state index contributed by atoms with van der Waals surface area (Å²) in [5.74, 6) is -0.650. The number of ether oxygens (including phenoxy) is 1. The molecule has 0 aromatic carbocycles. The quantitative estimate of drug-likeness (QED) is 0.333. The molecule has 0 spiro atoms. The number of carbonyl (C=O) groups excluding carboxylic acids is 2. The number of rotatable bonds is 7. The number of nitrogens with one attached hydrogen (secondary N) is 2. The Morgan fingerprint density at radius 3 is 2.62 bits per heavy atom. The molecule has 2 aromatic heterocycles. The first-order valence-electron chi connectivity index (χ1n) is 8.37. The topological polar surface area (TPSA) is 105 Å². The van der Waals surface area contributed by atoms with Gasteiger partial charge in [0.15, 0.2) is 10.9 Å². The maximum Gasteiger partial charge on any atom is 0.339 e. The molecule has 2 N–H and O–H groups in total. The van der Waals surface area contributed by atoms with Crippen LogP contribution in [0.5, 0.6) is 0 Å². The van der Waals surface area contributed by atoms with Gasteiger partial charge in [-0.25, -0.2) is 9.78 Å². The first-order valence-corrected chi connectivity index (χ1v) is 9.25. The molecular formula is C18H23N3O4S. The van der Waals surface area contributed by atoms with Crippen LogP contribution in [0.4, 0.5) is 0 Å². The molecule has 2 heterocycles. The van der Waals surface area contributed by atoms with Gasteiger partial charge >= 0.3 is 5.97 Å². The van der Waals surface area contributed by atoms with Crippen molar-refractivity contribution in [1.82, 2.24) is 15.0 Å². The average Bonchev–Trinajstić information content (AvgIpc) is 2.87. The molecule has 26 heavy (non-hydrogen) atoms. The fourth-order valence-electron chi connectivity index (χ4n) is 2.75. The zero-order chi connectivity index (χ0) is 19.4. The number of carbonyl (C=O) groups is 2. The Morgan fingerprint density at radius 2 is 2.00 bits per heavy atom. The van der Waals surface area contributed by atoms with Crippen molar-refractivity contribution in [2.75, 3.05) is 7.11 Å². The number of aromatic amines is 2. The first kappa shape index (κ1) is 20.0. The van der Waals surface area contributed by atoms with Crippen molar-refractivity contribution in [2.45, 2.75) is 50.9 Å². The third kappa shape index (κ3) is 4.24. The van der Waals surface area contributed by atoms with Crippen LogP contribution in [0, 0.1) is 13.8 Å². The Balaban J connectivity index is 2.26. The summed E-state index contributed by atoms with van der Waals surface area (Å²) < 4.78 is 4.77. The number of aryl methyl sites for hydroxylation is 2. The molecule has 0 saturated carbocycles. The van der Waals surface area contributed by atoms with E-state index in [1.54, 1.807) is 20.8 Å². The van der Waals surface area contributed by atoms with E-state index in [2.05, 4.69) is 15.0 Å². The van der Waals surface area contributed by atoms with Crippen molar-refractivity contribution in [3.05, 3.63) is 44.6 Å². The van der Waals surface area contributed by atoms with Gasteiger partial charge < -0.3 is 14.7 Å². The van der Waals surface area contributed by atoms with E-state index in [0.717, 1.165) is 6.42 Å². The van der Waals surface area contributed by atoms with Crippen LogP contribution in [0.25, 0.3) is 0 Å². The van der Waals surface area contributed by atoms with E-state index in [-0.39, 0.29) is 11.3 Å². The highest BCUT2D eigenvalue weighted by Crippen LogP contribution is 2.26. The lowest BCUT2D eigenvalue weighted by molar-refractivity contribution is 0.0599.